The van der Waals surface area contributed by atoms with Crippen LogP contribution in [-0.2, 0) is 6.54 Å². The molecular formula is C17H20N4. The van der Waals surface area contributed by atoms with Crippen molar-refractivity contribution in [3.8, 4) is 0 Å². The van der Waals surface area contributed by atoms with Crippen molar-refractivity contribution in [2.75, 3.05) is 10.6 Å². The van der Waals surface area contributed by atoms with Gasteiger partial charge in [0.05, 0.1) is 0 Å². The van der Waals surface area contributed by atoms with E-state index < -0.39 is 0 Å². The van der Waals surface area contributed by atoms with Gasteiger partial charge in [-0.25, -0.2) is 4.98 Å². The van der Waals surface area contributed by atoms with Gasteiger partial charge in [-0.2, -0.15) is 0 Å². The molecule has 0 saturated heterocycles. The van der Waals surface area contributed by atoms with Crippen molar-refractivity contribution in [3.63, 3.8) is 0 Å². The molecule has 0 saturated carbocycles. The van der Waals surface area contributed by atoms with Gasteiger partial charge in [-0.05, 0) is 43.7 Å². The maximum Gasteiger partial charge on any atom is 0.138 e. The summed E-state index contributed by atoms with van der Waals surface area (Å²) in [5.41, 5.74) is 8.77. The van der Waals surface area contributed by atoms with Gasteiger partial charge < -0.3 is 10.6 Å². The number of imidazole rings is 1. The van der Waals surface area contributed by atoms with Gasteiger partial charge in [-0.3, -0.25) is 4.40 Å². The molecule has 2 N–H and O–H groups in total. The lowest BCUT2D eigenvalue weighted by Crippen LogP contribution is -2.31. The zero-order valence-corrected chi connectivity index (χ0v) is 12.4. The van der Waals surface area contributed by atoms with E-state index in [1.54, 1.807) is 0 Å². The molecule has 0 bridgehead atoms. The summed E-state index contributed by atoms with van der Waals surface area (Å²) in [5, 5.41) is 0. The third kappa shape index (κ3) is 2.70. The SMILES string of the molecule is CC(C)N(Cc1ccc(N)cc1)c1cccc2nccn12. The number of aromatic nitrogens is 2. The fourth-order valence-corrected chi connectivity index (χ4v) is 2.51. The van der Waals surface area contributed by atoms with Crippen LogP contribution in [0.4, 0.5) is 11.5 Å². The highest BCUT2D eigenvalue weighted by atomic mass is 15.2. The van der Waals surface area contributed by atoms with Crippen molar-refractivity contribution in [1.29, 1.82) is 0 Å². The summed E-state index contributed by atoms with van der Waals surface area (Å²) in [7, 11) is 0. The van der Waals surface area contributed by atoms with Crippen molar-refractivity contribution in [2.45, 2.75) is 26.4 Å². The molecule has 108 valence electrons. The average molecular weight is 280 g/mol. The molecule has 0 fully saturated rings. The highest BCUT2D eigenvalue weighted by Gasteiger charge is 2.14. The number of nitrogen functional groups attached to an aromatic ring is 1. The molecule has 2 aromatic heterocycles. The van der Waals surface area contributed by atoms with Crippen LogP contribution in [0, 0.1) is 0 Å². The van der Waals surface area contributed by atoms with Crippen molar-refractivity contribution in [2.24, 2.45) is 0 Å². The van der Waals surface area contributed by atoms with Crippen LogP contribution in [0.25, 0.3) is 5.65 Å². The molecule has 0 atom stereocenters. The number of hydrogen-bond acceptors (Lipinski definition) is 3. The third-order valence-corrected chi connectivity index (χ3v) is 3.66. The Morgan fingerprint density at radius 1 is 1.14 bits per heavy atom. The van der Waals surface area contributed by atoms with Gasteiger partial charge in [0.15, 0.2) is 0 Å². The Bertz CT molecular complexity index is 728. The fourth-order valence-electron chi connectivity index (χ4n) is 2.51. The highest BCUT2D eigenvalue weighted by molar-refractivity contribution is 5.52. The minimum Gasteiger partial charge on any atom is -0.399 e. The second-order valence-corrected chi connectivity index (χ2v) is 5.50. The number of pyridine rings is 1. The molecule has 0 aliphatic heterocycles. The number of fused-ring (bicyclic) bond motifs is 1. The van der Waals surface area contributed by atoms with E-state index in [1.807, 2.05) is 30.6 Å². The van der Waals surface area contributed by atoms with Crippen LogP contribution in [0.3, 0.4) is 0 Å². The highest BCUT2D eigenvalue weighted by Crippen LogP contribution is 2.21. The maximum atomic E-state index is 5.76. The van der Waals surface area contributed by atoms with E-state index in [4.69, 9.17) is 5.73 Å². The minimum absolute atomic E-state index is 0.385. The quantitative estimate of drug-likeness (QED) is 0.746. The van der Waals surface area contributed by atoms with Crippen LogP contribution < -0.4 is 10.6 Å². The molecule has 0 aliphatic rings. The number of anilines is 2. The second-order valence-electron chi connectivity index (χ2n) is 5.50. The molecule has 3 aromatic rings. The topological polar surface area (TPSA) is 46.6 Å². The monoisotopic (exact) mass is 280 g/mol. The van der Waals surface area contributed by atoms with Gasteiger partial charge in [0.25, 0.3) is 0 Å². The fraction of sp³-hybridized carbons (Fsp3) is 0.235. The standard InChI is InChI=1S/C17H20N4/c1-13(2)21(12-14-6-8-15(18)9-7-14)17-5-3-4-16-19-10-11-20(16)17/h3-11,13H,12,18H2,1-2H3. The maximum absolute atomic E-state index is 5.76. The molecule has 1 aromatic carbocycles. The first-order valence-corrected chi connectivity index (χ1v) is 7.18. The van der Waals surface area contributed by atoms with E-state index in [0.717, 1.165) is 23.7 Å². The van der Waals surface area contributed by atoms with Gasteiger partial charge in [-0.1, -0.05) is 18.2 Å². The number of rotatable bonds is 4. The number of nitrogens with two attached hydrogens (primary N) is 1. The summed E-state index contributed by atoms with van der Waals surface area (Å²) < 4.78 is 2.12. The van der Waals surface area contributed by atoms with Crippen molar-refractivity contribution < 1.29 is 0 Å². The van der Waals surface area contributed by atoms with Crippen LogP contribution in [0.5, 0.6) is 0 Å². The summed E-state index contributed by atoms with van der Waals surface area (Å²) in [5.74, 6) is 1.15. The molecule has 4 heteroatoms. The van der Waals surface area contributed by atoms with Gasteiger partial charge >= 0.3 is 0 Å². The predicted molar refractivity (Wildman–Crippen MR) is 87.4 cm³/mol. The van der Waals surface area contributed by atoms with Crippen molar-refractivity contribution in [3.05, 3.63) is 60.4 Å². The third-order valence-electron chi connectivity index (χ3n) is 3.66. The summed E-state index contributed by atoms with van der Waals surface area (Å²) in [4.78, 5) is 6.72. The molecular weight excluding hydrogens is 260 g/mol. The Kier molecular flexibility index (Phi) is 3.52. The smallest absolute Gasteiger partial charge is 0.138 e. The first-order valence-electron chi connectivity index (χ1n) is 7.18. The Balaban J connectivity index is 1.98. The number of nitrogens with zero attached hydrogens (tertiary/aromatic N) is 3. The largest absolute Gasteiger partial charge is 0.399 e. The number of hydrogen-bond donors (Lipinski definition) is 1. The van der Waals surface area contributed by atoms with Crippen molar-refractivity contribution in [1.82, 2.24) is 9.38 Å². The predicted octanol–water partition coefficient (Wildman–Crippen LogP) is 3.33. The summed E-state index contributed by atoms with van der Waals surface area (Å²) in [6.07, 6.45) is 3.84. The lowest BCUT2D eigenvalue weighted by Gasteiger charge is -2.29. The lowest BCUT2D eigenvalue weighted by molar-refractivity contribution is 0.668. The first kappa shape index (κ1) is 13.5. The molecule has 0 radical (unpaired) electrons. The molecule has 0 spiro atoms. The normalized spacial score (nSPS) is 11.2. The van der Waals surface area contributed by atoms with Gasteiger partial charge in [0, 0.05) is 30.7 Å². The molecule has 4 nitrogen and oxygen atoms in total. The van der Waals surface area contributed by atoms with E-state index in [-0.39, 0.29) is 0 Å². The first-order chi connectivity index (χ1) is 10.1. The molecule has 0 aliphatic carbocycles. The van der Waals surface area contributed by atoms with E-state index in [1.165, 1.54) is 5.56 Å². The van der Waals surface area contributed by atoms with Crippen LogP contribution in [0.15, 0.2) is 54.9 Å². The molecule has 21 heavy (non-hydrogen) atoms. The van der Waals surface area contributed by atoms with E-state index in [9.17, 15) is 0 Å². The zero-order valence-electron chi connectivity index (χ0n) is 12.4. The van der Waals surface area contributed by atoms with E-state index in [0.29, 0.717) is 6.04 Å². The van der Waals surface area contributed by atoms with Gasteiger partial charge in [0.1, 0.15) is 11.5 Å². The number of benzene rings is 1. The van der Waals surface area contributed by atoms with E-state index in [2.05, 4.69) is 52.4 Å². The van der Waals surface area contributed by atoms with Crippen LogP contribution in [0.2, 0.25) is 0 Å². The lowest BCUT2D eigenvalue weighted by atomic mass is 10.1. The Hall–Kier alpha value is -2.49. The molecule has 3 rings (SSSR count). The van der Waals surface area contributed by atoms with E-state index >= 15 is 0 Å². The van der Waals surface area contributed by atoms with Crippen LogP contribution in [0.1, 0.15) is 19.4 Å². The summed E-state index contributed by atoms with van der Waals surface area (Å²) >= 11 is 0. The van der Waals surface area contributed by atoms with Crippen LogP contribution in [-0.4, -0.2) is 15.4 Å². The van der Waals surface area contributed by atoms with Crippen molar-refractivity contribution >= 4 is 17.2 Å². The van der Waals surface area contributed by atoms with Gasteiger partial charge in [0.2, 0.25) is 0 Å². The average Bonchev–Trinajstić information content (AvgIpc) is 2.95. The molecule has 0 amide bonds. The van der Waals surface area contributed by atoms with Gasteiger partial charge in [-0.15, -0.1) is 0 Å². The Morgan fingerprint density at radius 2 is 1.90 bits per heavy atom. The molecule has 2 heterocycles. The summed E-state index contributed by atoms with van der Waals surface area (Å²) in [6, 6.07) is 14.7. The Morgan fingerprint density at radius 3 is 2.62 bits per heavy atom. The Labute approximate surface area is 124 Å². The molecule has 0 unspecified atom stereocenters. The van der Waals surface area contributed by atoms with Crippen LogP contribution >= 0.6 is 0 Å². The second kappa shape index (κ2) is 5.48. The zero-order chi connectivity index (χ0) is 14.8. The minimum atomic E-state index is 0.385. The summed E-state index contributed by atoms with van der Waals surface area (Å²) in [6.45, 7) is 5.25.